The Hall–Kier alpha value is -1.17. The molecule has 0 bridgehead atoms. The molecule has 2 rings (SSSR count). The molecule has 0 radical (unpaired) electrons. The molecule has 2 aliphatic carbocycles. The van der Waals surface area contributed by atoms with Crippen LogP contribution in [0.25, 0.3) is 0 Å². The Labute approximate surface area is 111 Å². The van der Waals surface area contributed by atoms with Gasteiger partial charge in [0.05, 0.1) is 24.5 Å². The summed E-state index contributed by atoms with van der Waals surface area (Å²) in [7, 11) is 1.10. The van der Waals surface area contributed by atoms with E-state index >= 15 is 0 Å². The molecule has 6 heteroatoms. The summed E-state index contributed by atoms with van der Waals surface area (Å²) in [5.74, 6) is -3.08. The Balaban J connectivity index is 2.10. The van der Waals surface area contributed by atoms with Crippen LogP contribution < -0.4 is 0 Å². The molecule has 19 heavy (non-hydrogen) atoms. The van der Waals surface area contributed by atoms with Gasteiger partial charge in [0.15, 0.2) is 0 Å². The number of fused-ring (bicyclic) bond motifs is 1. The lowest BCUT2D eigenvalue weighted by molar-refractivity contribution is -0.164. The highest BCUT2D eigenvalue weighted by Gasteiger charge is 2.81. The number of aliphatic hydroxyl groups excluding tert-OH is 1. The first kappa shape index (κ1) is 14.2. The zero-order chi connectivity index (χ0) is 14.6. The van der Waals surface area contributed by atoms with Crippen molar-refractivity contribution in [1.29, 1.82) is 0 Å². The maximum Gasteiger partial charge on any atom is 0.344 e. The molecule has 0 aromatic carbocycles. The molecule has 5 nitrogen and oxygen atoms in total. The van der Waals surface area contributed by atoms with Gasteiger partial charge in [-0.05, 0) is 20.8 Å². The molecule has 5 atom stereocenters. The van der Waals surface area contributed by atoms with Gasteiger partial charge in [-0.2, -0.15) is 0 Å². The molecule has 0 heterocycles. The lowest BCUT2D eigenvalue weighted by Crippen LogP contribution is -2.36. The van der Waals surface area contributed by atoms with E-state index in [-0.39, 0.29) is 6.42 Å². The first-order valence-corrected chi connectivity index (χ1v) is 6.30. The van der Waals surface area contributed by atoms with Crippen LogP contribution in [0.4, 0.5) is 4.39 Å². The Bertz CT molecular complexity index is 416. The number of methoxy groups -OCH3 is 1. The van der Waals surface area contributed by atoms with Gasteiger partial charge in [0.2, 0.25) is 5.67 Å². The van der Waals surface area contributed by atoms with Crippen LogP contribution in [0.1, 0.15) is 27.2 Å². The largest absolute Gasteiger partial charge is 0.467 e. The third kappa shape index (κ3) is 2.02. The Morgan fingerprint density at radius 2 is 1.89 bits per heavy atom. The van der Waals surface area contributed by atoms with Crippen LogP contribution in [-0.2, 0) is 19.1 Å². The number of halogens is 1. The van der Waals surface area contributed by atoms with E-state index in [0.717, 1.165) is 7.11 Å². The quantitative estimate of drug-likeness (QED) is 0.755. The second kappa shape index (κ2) is 4.16. The molecule has 2 saturated carbocycles. The maximum absolute atomic E-state index is 14.4. The van der Waals surface area contributed by atoms with Gasteiger partial charge in [0.25, 0.3) is 0 Å². The van der Waals surface area contributed by atoms with Crippen molar-refractivity contribution in [2.24, 2.45) is 17.3 Å². The van der Waals surface area contributed by atoms with Gasteiger partial charge < -0.3 is 14.6 Å². The molecule has 0 aliphatic heterocycles. The predicted octanol–water partition coefficient (Wildman–Crippen LogP) is 0.836. The summed E-state index contributed by atoms with van der Waals surface area (Å²) >= 11 is 0. The van der Waals surface area contributed by atoms with Gasteiger partial charge in [0.1, 0.15) is 6.10 Å². The van der Waals surface area contributed by atoms with Crippen LogP contribution in [0.15, 0.2) is 0 Å². The lowest BCUT2D eigenvalue weighted by atomic mass is 9.97. The summed E-state index contributed by atoms with van der Waals surface area (Å²) in [6.07, 6.45) is -1.58. The van der Waals surface area contributed by atoms with E-state index in [1.165, 1.54) is 0 Å². The number of carbonyl (C=O) groups excluding carboxylic acids is 2. The average molecular weight is 274 g/mol. The Morgan fingerprint density at radius 3 is 2.37 bits per heavy atom. The number of carbonyl (C=O) groups is 2. The SMILES string of the molecule is COC(=O)[C@]1(F)[C@@H]2[C@H]1[C@@H](O)C[C@H]2OC(=O)C(C)(C)C. The number of ether oxygens (including phenoxy) is 2. The minimum Gasteiger partial charge on any atom is -0.467 e. The Kier molecular flexibility index (Phi) is 3.12. The van der Waals surface area contributed by atoms with E-state index in [4.69, 9.17) is 4.74 Å². The monoisotopic (exact) mass is 274 g/mol. The minimum atomic E-state index is -2.21. The topological polar surface area (TPSA) is 72.8 Å². The second-order valence-corrected chi connectivity index (χ2v) is 6.31. The number of aliphatic hydroxyl groups is 1. The summed E-state index contributed by atoms with van der Waals surface area (Å²) in [6.45, 7) is 5.07. The average Bonchev–Trinajstić information content (AvgIpc) is 2.79. The fourth-order valence-electron chi connectivity index (χ4n) is 2.83. The van der Waals surface area contributed by atoms with E-state index < -0.39 is 47.1 Å². The third-order valence-corrected chi connectivity index (χ3v) is 3.91. The highest BCUT2D eigenvalue weighted by atomic mass is 19.1. The summed E-state index contributed by atoms with van der Waals surface area (Å²) < 4.78 is 24.1. The number of esters is 2. The van der Waals surface area contributed by atoms with Crippen LogP contribution in [-0.4, -0.2) is 42.0 Å². The van der Waals surface area contributed by atoms with E-state index in [0.29, 0.717) is 0 Å². The van der Waals surface area contributed by atoms with Crippen LogP contribution in [0.2, 0.25) is 0 Å². The molecule has 2 aliphatic rings. The molecule has 1 N–H and O–H groups in total. The van der Waals surface area contributed by atoms with Gasteiger partial charge >= 0.3 is 11.9 Å². The second-order valence-electron chi connectivity index (χ2n) is 6.31. The maximum atomic E-state index is 14.4. The van der Waals surface area contributed by atoms with Gasteiger partial charge in [0, 0.05) is 12.3 Å². The molecular formula is C13H19FO5. The van der Waals surface area contributed by atoms with Crippen LogP contribution >= 0.6 is 0 Å². The summed E-state index contributed by atoms with van der Waals surface area (Å²) in [6, 6.07) is 0. The zero-order valence-electron chi connectivity index (χ0n) is 11.5. The lowest BCUT2D eigenvalue weighted by Gasteiger charge is -2.23. The van der Waals surface area contributed by atoms with Crippen molar-refractivity contribution in [2.45, 2.75) is 45.1 Å². The van der Waals surface area contributed by atoms with Crippen molar-refractivity contribution in [2.75, 3.05) is 7.11 Å². The van der Waals surface area contributed by atoms with E-state index in [9.17, 15) is 19.1 Å². The highest BCUT2D eigenvalue weighted by molar-refractivity contribution is 5.85. The van der Waals surface area contributed by atoms with Crippen molar-refractivity contribution in [3.8, 4) is 0 Å². The molecular weight excluding hydrogens is 255 g/mol. The van der Waals surface area contributed by atoms with Crippen molar-refractivity contribution in [3.63, 3.8) is 0 Å². The van der Waals surface area contributed by atoms with Gasteiger partial charge in [-0.25, -0.2) is 9.18 Å². The normalized spacial score (nSPS) is 40.5. The van der Waals surface area contributed by atoms with Crippen molar-refractivity contribution < 1.29 is 28.6 Å². The highest BCUT2D eigenvalue weighted by Crippen LogP contribution is 2.64. The minimum absolute atomic E-state index is 0.166. The zero-order valence-corrected chi connectivity index (χ0v) is 11.5. The van der Waals surface area contributed by atoms with E-state index in [1.54, 1.807) is 20.8 Å². The summed E-state index contributed by atoms with van der Waals surface area (Å²) in [4.78, 5) is 23.2. The number of hydrogen-bond acceptors (Lipinski definition) is 5. The van der Waals surface area contributed by atoms with Crippen LogP contribution in [0, 0.1) is 17.3 Å². The number of alkyl halides is 1. The first-order chi connectivity index (χ1) is 8.64. The van der Waals surface area contributed by atoms with Crippen molar-refractivity contribution >= 4 is 11.9 Å². The van der Waals surface area contributed by atoms with E-state index in [1.807, 2.05) is 0 Å². The smallest absolute Gasteiger partial charge is 0.344 e. The summed E-state index contributed by atoms with van der Waals surface area (Å²) in [5.41, 5.74) is -2.92. The van der Waals surface area contributed by atoms with Crippen molar-refractivity contribution in [1.82, 2.24) is 0 Å². The molecule has 2 fully saturated rings. The van der Waals surface area contributed by atoms with Crippen molar-refractivity contribution in [3.05, 3.63) is 0 Å². The first-order valence-electron chi connectivity index (χ1n) is 6.30. The molecule has 108 valence electrons. The fraction of sp³-hybridized carbons (Fsp3) is 0.846. The molecule has 0 spiro atoms. The molecule has 0 aromatic heterocycles. The van der Waals surface area contributed by atoms with Crippen LogP contribution in [0.5, 0.6) is 0 Å². The molecule has 0 saturated heterocycles. The van der Waals surface area contributed by atoms with Crippen LogP contribution in [0.3, 0.4) is 0 Å². The fourth-order valence-corrected chi connectivity index (χ4v) is 2.83. The number of rotatable bonds is 2. The van der Waals surface area contributed by atoms with Gasteiger partial charge in [-0.3, -0.25) is 4.79 Å². The van der Waals surface area contributed by atoms with E-state index in [2.05, 4.69) is 4.74 Å². The predicted molar refractivity (Wildman–Crippen MR) is 62.8 cm³/mol. The molecule has 0 amide bonds. The molecule has 0 unspecified atom stereocenters. The summed E-state index contributed by atoms with van der Waals surface area (Å²) in [5, 5.41) is 9.77. The molecule has 0 aromatic rings. The van der Waals surface area contributed by atoms with Gasteiger partial charge in [-0.15, -0.1) is 0 Å². The number of hydrogen-bond donors (Lipinski definition) is 1. The standard InChI is InChI=1S/C13H19FO5/c1-12(2,3)10(16)19-7-5-6(15)8-9(7)13(8,14)11(17)18-4/h6-9,15H,5H2,1-4H3/t6-,7+,8+,9-,13+/m0/s1. The Morgan fingerprint density at radius 1 is 1.32 bits per heavy atom. The van der Waals surface area contributed by atoms with Gasteiger partial charge in [-0.1, -0.05) is 0 Å². The third-order valence-electron chi connectivity index (χ3n) is 3.91.